The van der Waals surface area contributed by atoms with E-state index in [9.17, 15) is 0 Å². The number of terminal acetylenes is 1. The smallest absolute Gasteiger partial charge is 0.168 e. The van der Waals surface area contributed by atoms with Gasteiger partial charge in [-0.3, -0.25) is 0 Å². The minimum atomic E-state index is -0.497. The summed E-state index contributed by atoms with van der Waals surface area (Å²) in [6.45, 7) is 2.16. The molecule has 3 rings (SSSR count). The predicted molar refractivity (Wildman–Crippen MR) is 69.3 cm³/mol. The Kier molecular flexibility index (Phi) is 3.81. The number of ether oxygens (including phenoxy) is 4. The van der Waals surface area contributed by atoms with Crippen molar-refractivity contribution < 1.29 is 18.9 Å². The Morgan fingerprint density at radius 2 is 1.74 bits per heavy atom. The van der Waals surface area contributed by atoms with Crippen LogP contribution in [0.15, 0.2) is 0 Å². The molecule has 2 aliphatic heterocycles. The summed E-state index contributed by atoms with van der Waals surface area (Å²) < 4.78 is 23.2. The summed E-state index contributed by atoms with van der Waals surface area (Å²) in [5, 5.41) is 0. The van der Waals surface area contributed by atoms with E-state index >= 15 is 0 Å². The summed E-state index contributed by atoms with van der Waals surface area (Å²) in [5.41, 5.74) is -0.497. The molecule has 0 amide bonds. The molecule has 0 radical (unpaired) electrons. The molecule has 3 fully saturated rings. The lowest BCUT2D eigenvalue weighted by Gasteiger charge is -2.42. The van der Waals surface area contributed by atoms with Crippen LogP contribution in [0.25, 0.3) is 0 Å². The van der Waals surface area contributed by atoms with Crippen molar-refractivity contribution in [3.63, 3.8) is 0 Å². The van der Waals surface area contributed by atoms with Crippen LogP contribution in [0.1, 0.15) is 44.9 Å². The molecule has 19 heavy (non-hydrogen) atoms. The summed E-state index contributed by atoms with van der Waals surface area (Å²) in [7, 11) is 0. The van der Waals surface area contributed by atoms with Gasteiger partial charge in [-0.25, -0.2) is 0 Å². The predicted octanol–water partition coefficient (Wildman–Crippen LogP) is 2.22. The summed E-state index contributed by atoms with van der Waals surface area (Å²) in [5.74, 6) is 2.47. The monoisotopic (exact) mass is 266 g/mol. The average Bonchev–Trinajstić information content (AvgIpc) is 2.92. The van der Waals surface area contributed by atoms with Gasteiger partial charge in [0.05, 0.1) is 13.2 Å². The van der Waals surface area contributed by atoms with Gasteiger partial charge < -0.3 is 18.9 Å². The summed E-state index contributed by atoms with van der Waals surface area (Å²) >= 11 is 0. The van der Waals surface area contributed by atoms with E-state index in [1.54, 1.807) is 0 Å². The molecule has 3 aliphatic rings. The zero-order chi connectivity index (χ0) is 13.2. The fourth-order valence-electron chi connectivity index (χ4n) is 3.17. The first kappa shape index (κ1) is 13.4. The number of rotatable bonds is 2. The summed E-state index contributed by atoms with van der Waals surface area (Å²) in [4.78, 5) is 0. The Morgan fingerprint density at radius 1 is 1.00 bits per heavy atom. The van der Waals surface area contributed by atoms with Crippen molar-refractivity contribution in [3.05, 3.63) is 0 Å². The van der Waals surface area contributed by atoms with Crippen molar-refractivity contribution >= 4 is 0 Å². The van der Waals surface area contributed by atoms with E-state index in [0.29, 0.717) is 13.2 Å². The van der Waals surface area contributed by atoms with Gasteiger partial charge in [0.25, 0.3) is 0 Å². The molecule has 1 aliphatic carbocycles. The van der Waals surface area contributed by atoms with E-state index in [4.69, 9.17) is 25.4 Å². The van der Waals surface area contributed by atoms with Crippen molar-refractivity contribution in [3.8, 4) is 12.3 Å². The van der Waals surface area contributed by atoms with Crippen LogP contribution in [-0.2, 0) is 18.9 Å². The van der Waals surface area contributed by atoms with Gasteiger partial charge in [0.2, 0.25) is 0 Å². The van der Waals surface area contributed by atoms with Gasteiger partial charge in [-0.15, -0.1) is 6.42 Å². The highest BCUT2D eigenvalue weighted by Gasteiger charge is 2.47. The first-order valence-corrected chi connectivity index (χ1v) is 7.31. The Hall–Kier alpha value is -0.600. The van der Waals surface area contributed by atoms with E-state index in [1.165, 1.54) is 0 Å². The molecule has 4 nitrogen and oxygen atoms in total. The van der Waals surface area contributed by atoms with E-state index in [0.717, 1.165) is 51.6 Å². The van der Waals surface area contributed by atoms with E-state index in [-0.39, 0.29) is 6.29 Å². The minimum absolute atomic E-state index is 0.135. The zero-order valence-electron chi connectivity index (χ0n) is 11.4. The lowest BCUT2D eigenvalue weighted by molar-refractivity contribution is -0.246. The van der Waals surface area contributed by atoms with Crippen LogP contribution in [0.5, 0.6) is 0 Å². The quantitative estimate of drug-likeness (QED) is 0.718. The molecule has 0 aromatic rings. The summed E-state index contributed by atoms with van der Waals surface area (Å²) in [6, 6.07) is 0. The standard InChI is InChI=1S/C15H22O4/c1-2-14(19-13-5-3-4-10-16-13)6-8-15(9-7-14)17-11-12-18-15/h1,13H,3-12H2. The normalized spacial score (nSPS) is 33.1. The average molecular weight is 266 g/mol. The van der Waals surface area contributed by atoms with Crippen molar-refractivity contribution in [1.29, 1.82) is 0 Å². The molecule has 1 unspecified atom stereocenters. The van der Waals surface area contributed by atoms with Crippen molar-refractivity contribution in [2.45, 2.75) is 62.6 Å². The second-order valence-corrected chi connectivity index (χ2v) is 5.66. The van der Waals surface area contributed by atoms with Gasteiger partial charge in [0, 0.05) is 19.4 Å². The lowest BCUT2D eigenvalue weighted by Crippen LogP contribution is -2.46. The fraction of sp³-hybridized carbons (Fsp3) is 0.867. The van der Waals surface area contributed by atoms with E-state index < -0.39 is 11.4 Å². The maximum atomic E-state index is 6.10. The number of hydrogen-bond acceptors (Lipinski definition) is 4. The van der Waals surface area contributed by atoms with Crippen LogP contribution >= 0.6 is 0 Å². The van der Waals surface area contributed by atoms with Gasteiger partial charge in [0.1, 0.15) is 5.60 Å². The van der Waals surface area contributed by atoms with E-state index in [2.05, 4.69) is 5.92 Å². The van der Waals surface area contributed by atoms with Crippen LogP contribution in [0.4, 0.5) is 0 Å². The third kappa shape index (κ3) is 2.80. The first-order chi connectivity index (χ1) is 9.26. The molecule has 106 valence electrons. The Bertz CT molecular complexity index is 338. The Labute approximate surface area is 114 Å². The van der Waals surface area contributed by atoms with Gasteiger partial charge in [-0.05, 0) is 32.1 Å². The first-order valence-electron chi connectivity index (χ1n) is 7.31. The van der Waals surface area contributed by atoms with Crippen molar-refractivity contribution in [2.24, 2.45) is 0 Å². The maximum absolute atomic E-state index is 6.10. The fourth-order valence-corrected chi connectivity index (χ4v) is 3.17. The highest BCUT2D eigenvalue weighted by Crippen LogP contribution is 2.42. The zero-order valence-corrected chi connectivity index (χ0v) is 11.4. The second-order valence-electron chi connectivity index (χ2n) is 5.66. The molecule has 1 spiro atoms. The van der Waals surface area contributed by atoms with Crippen LogP contribution in [-0.4, -0.2) is 37.5 Å². The largest absolute Gasteiger partial charge is 0.353 e. The van der Waals surface area contributed by atoms with Gasteiger partial charge in [-0.1, -0.05) is 5.92 Å². The molecule has 0 N–H and O–H groups in total. The third-order valence-corrected chi connectivity index (χ3v) is 4.39. The molecular formula is C15H22O4. The highest BCUT2D eigenvalue weighted by molar-refractivity contribution is 5.12. The van der Waals surface area contributed by atoms with Gasteiger partial charge in [0.15, 0.2) is 12.1 Å². The SMILES string of the molecule is C#CC1(OC2CCCCO2)CCC2(CC1)OCCO2. The van der Waals surface area contributed by atoms with Crippen LogP contribution < -0.4 is 0 Å². The van der Waals surface area contributed by atoms with E-state index in [1.807, 2.05) is 0 Å². The van der Waals surface area contributed by atoms with Crippen molar-refractivity contribution in [2.75, 3.05) is 19.8 Å². The van der Waals surface area contributed by atoms with Crippen LogP contribution in [0.2, 0.25) is 0 Å². The van der Waals surface area contributed by atoms with Gasteiger partial charge >= 0.3 is 0 Å². The third-order valence-electron chi connectivity index (χ3n) is 4.39. The Morgan fingerprint density at radius 3 is 2.32 bits per heavy atom. The molecule has 0 aromatic heterocycles. The maximum Gasteiger partial charge on any atom is 0.168 e. The molecular weight excluding hydrogens is 244 g/mol. The highest BCUT2D eigenvalue weighted by atomic mass is 16.7. The molecule has 1 saturated carbocycles. The molecule has 2 heterocycles. The molecule has 4 heteroatoms. The lowest BCUT2D eigenvalue weighted by atomic mass is 9.81. The molecule has 1 atom stereocenters. The van der Waals surface area contributed by atoms with Crippen molar-refractivity contribution in [1.82, 2.24) is 0 Å². The summed E-state index contributed by atoms with van der Waals surface area (Å²) in [6.07, 6.45) is 12.0. The topological polar surface area (TPSA) is 36.9 Å². The molecule has 2 saturated heterocycles. The number of hydrogen-bond donors (Lipinski definition) is 0. The minimum Gasteiger partial charge on any atom is -0.353 e. The Balaban J connectivity index is 1.60. The van der Waals surface area contributed by atoms with Crippen LogP contribution in [0.3, 0.4) is 0 Å². The molecule has 0 bridgehead atoms. The van der Waals surface area contributed by atoms with Gasteiger partial charge in [-0.2, -0.15) is 0 Å². The molecule has 0 aromatic carbocycles. The van der Waals surface area contributed by atoms with Crippen LogP contribution in [0, 0.1) is 12.3 Å². The second kappa shape index (κ2) is 5.41.